The monoisotopic (exact) mass is 453 g/mol. The van der Waals surface area contributed by atoms with Gasteiger partial charge >= 0.3 is 6.03 Å². The van der Waals surface area contributed by atoms with E-state index in [0.29, 0.717) is 14.6 Å². The van der Waals surface area contributed by atoms with E-state index in [1.165, 1.54) is 22.3 Å². The number of anilines is 1. The molecule has 0 saturated heterocycles. The molecule has 0 aliphatic heterocycles. The van der Waals surface area contributed by atoms with Crippen LogP contribution in [0.5, 0.6) is 5.75 Å². The maximum atomic E-state index is 13.1. The van der Waals surface area contributed by atoms with Gasteiger partial charge in [-0.1, -0.05) is 18.2 Å². The molecule has 1 atom stereocenters. The topological polar surface area (TPSA) is 105 Å². The van der Waals surface area contributed by atoms with Crippen molar-refractivity contribution >= 4 is 33.0 Å². The molecule has 2 aromatic carbocycles. The first-order valence-corrected chi connectivity index (χ1v) is 12.7. The number of aryl methyl sites for hydroxylation is 2. The lowest BCUT2D eigenvalue weighted by atomic mass is 9.99. The number of nitrogens with zero attached hydrogens (tertiary/aromatic N) is 1. The van der Waals surface area contributed by atoms with E-state index in [1.807, 2.05) is 6.07 Å². The molecule has 2 aliphatic carbocycles. The zero-order valence-electron chi connectivity index (χ0n) is 16.9. The molecule has 0 saturated carbocycles. The highest BCUT2D eigenvalue weighted by Crippen LogP contribution is 2.39. The average molecular weight is 454 g/mol. The molecule has 6 nitrogen and oxygen atoms in total. The predicted molar refractivity (Wildman–Crippen MR) is 124 cm³/mol. The van der Waals surface area contributed by atoms with Crippen LogP contribution in [0, 0.1) is 0 Å². The third kappa shape index (κ3) is 3.75. The van der Waals surface area contributed by atoms with Gasteiger partial charge in [-0.25, -0.2) is 14.1 Å². The number of hydrogen-bond donors (Lipinski definition) is 3. The van der Waals surface area contributed by atoms with Crippen molar-refractivity contribution in [1.82, 2.24) is 0 Å². The van der Waals surface area contributed by atoms with Crippen molar-refractivity contribution in [3.63, 3.8) is 0 Å². The normalized spacial score (nSPS) is 16.4. The second kappa shape index (κ2) is 7.78. The molecule has 2 amide bonds. The van der Waals surface area contributed by atoms with E-state index >= 15 is 0 Å². The minimum atomic E-state index is -3.41. The Labute approximate surface area is 185 Å². The van der Waals surface area contributed by atoms with Crippen LogP contribution in [0.25, 0.3) is 10.4 Å². The number of nitrogens with two attached hydrogens (primary N) is 1. The van der Waals surface area contributed by atoms with Crippen molar-refractivity contribution in [2.45, 2.75) is 42.7 Å². The molecule has 0 fully saturated rings. The van der Waals surface area contributed by atoms with Crippen LogP contribution in [0.1, 0.15) is 35.1 Å². The van der Waals surface area contributed by atoms with Gasteiger partial charge in [0.25, 0.3) is 0 Å². The number of hydrogen-bond acceptors (Lipinski definition) is 4. The van der Waals surface area contributed by atoms with Gasteiger partial charge in [0.15, 0.2) is 9.92 Å². The first kappa shape index (κ1) is 20.2. The highest BCUT2D eigenvalue weighted by molar-refractivity contribution is 7.93. The van der Waals surface area contributed by atoms with Crippen molar-refractivity contribution in [2.24, 2.45) is 9.50 Å². The number of carbonyl (C=O) groups is 1. The predicted octanol–water partition coefficient (Wildman–Crippen LogP) is 5.03. The summed E-state index contributed by atoms with van der Waals surface area (Å²) in [4.78, 5) is 13.5. The Bertz CT molecular complexity index is 1290. The maximum Gasteiger partial charge on any atom is 0.354 e. The lowest BCUT2D eigenvalue weighted by molar-refractivity contribution is 0.260. The van der Waals surface area contributed by atoms with Crippen LogP contribution < -0.4 is 10.5 Å². The van der Waals surface area contributed by atoms with Gasteiger partial charge in [-0.15, -0.1) is 15.7 Å². The van der Waals surface area contributed by atoms with Crippen molar-refractivity contribution in [2.75, 3.05) is 5.32 Å². The standard InChI is InChI=1S/C23H23N3O3S2/c24-31(29,21-12-11-20(30-21)18-7-1-2-10-19(18)27)26-23(28)25-22-16-8-3-5-14(16)13-15-6-4-9-17(15)22/h1-2,7,10-13,27H,3-6,8-9H2,(H3,24,25,26,28,29). The third-order valence-corrected chi connectivity index (χ3v) is 8.99. The molecule has 3 aromatic rings. The fourth-order valence-corrected chi connectivity index (χ4v) is 6.84. The number of aromatic hydroxyl groups is 1. The number of amides is 2. The van der Waals surface area contributed by atoms with Crippen LogP contribution in [0.3, 0.4) is 0 Å². The summed E-state index contributed by atoms with van der Waals surface area (Å²) in [5, 5.41) is 19.0. The molecular formula is C23H23N3O3S2. The van der Waals surface area contributed by atoms with Crippen molar-refractivity contribution < 1.29 is 14.1 Å². The van der Waals surface area contributed by atoms with E-state index < -0.39 is 15.9 Å². The van der Waals surface area contributed by atoms with Gasteiger partial charge in [-0.3, -0.25) is 0 Å². The quantitative estimate of drug-likeness (QED) is 0.518. The van der Waals surface area contributed by atoms with Crippen molar-refractivity contribution in [3.05, 3.63) is 64.7 Å². The van der Waals surface area contributed by atoms with E-state index in [-0.39, 0.29) is 5.75 Å². The van der Waals surface area contributed by atoms with Crippen LogP contribution >= 0.6 is 11.3 Å². The molecule has 0 bridgehead atoms. The van der Waals surface area contributed by atoms with Crippen LogP contribution in [-0.2, 0) is 35.6 Å². The highest BCUT2D eigenvalue weighted by Gasteiger charge is 2.25. The second-order valence-corrected chi connectivity index (χ2v) is 11.1. The number of phenolic OH excluding ortho intramolecular Hbond substituents is 1. The summed E-state index contributed by atoms with van der Waals surface area (Å²) in [6, 6.07) is 11.8. The Kier molecular flexibility index (Phi) is 5.08. The smallest absolute Gasteiger partial charge is 0.354 e. The Morgan fingerprint density at radius 1 is 1.03 bits per heavy atom. The minimum Gasteiger partial charge on any atom is -0.507 e. The van der Waals surface area contributed by atoms with Crippen LogP contribution in [0.15, 0.2) is 51.0 Å². The fraction of sp³-hybridized carbons (Fsp3) is 0.261. The van der Waals surface area contributed by atoms with E-state index in [2.05, 4.69) is 15.7 Å². The molecule has 0 spiro atoms. The van der Waals surface area contributed by atoms with Crippen LogP contribution in [0.4, 0.5) is 10.5 Å². The largest absolute Gasteiger partial charge is 0.507 e. The summed E-state index contributed by atoms with van der Waals surface area (Å²) in [6.07, 6.45) is 6.09. The second-order valence-electron chi connectivity index (χ2n) is 7.96. The number of thiophene rings is 1. The number of phenols is 1. The number of carbonyl (C=O) groups excluding carboxylic acids is 1. The summed E-state index contributed by atoms with van der Waals surface area (Å²) in [5.74, 6) is 0.126. The zero-order chi connectivity index (χ0) is 21.6. The Morgan fingerprint density at radius 2 is 1.71 bits per heavy atom. The summed E-state index contributed by atoms with van der Waals surface area (Å²) in [6.45, 7) is 0. The van der Waals surface area contributed by atoms with Crippen molar-refractivity contribution in [1.29, 1.82) is 0 Å². The summed E-state index contributed by atoms with van der Waals surface area (Å²) < 4.78 is 17.2. The number of benzene rings is 2. The minimum absolute atomic E-state index is 0.126. The maximum absolute atomic E-state index is 13.1. The summed E-state index contributed by atoms with van der Waals surface area (Å²) in [7, 11) is -3.41. The molecule has 1 heterocycles. The van der Waals surface area contributed by atoms with Gasteiger partial charge in [0.05, 0.1) is 0 Å². The van der Waals surface area contributed by atoms with E-state index in [9.17, 15) is 14.1 Å². The van der Waals surface area contributed by atoms with E-state index in [4.69, 9.17) is 5.14 Å². The number of nitrogens with one attached hydrogen (secondary N) is 1. The molecule has 4 N–H and O–H groups in total. The number of para-hydroxylation sites is 1. The number of fused-ring (bicyclic) bond motifs is 2. The molecule has 31 heavy (non-hydrogen) atoms. The average Bonchev–Trinajstić information content (AvgIpc) is 3.48. The molecule has 2 aliphatic rings. The van der Waals surface area contributed by atoms with Gasteiger partial charge in [-0.05, 0) is 85.0 Å². The van der Waals surface area contributed by atoms with Crippen LogP contribution in [0.2, 0.25) is 0 Å². The third-order valence-electron chi connectivity index (χ3n) is 5.96. The molecule has 5 rings (SSSR count). The van der Waals surface area contributed by atoms with Gasteiger partial charge in [-0.2, -0.15) is 0 Å². The Hall–Kier alpha value is -2.68. The Morgan fingerprint density at radius 3 is 2.39 bits per heavy atom. The number of urea groups is 1. The van der Waals surface area contributed by atoms with E-state index in [1.54, 1.807) is 30.3 Å². The van der Waals surface area contributed by atoms with Gasteiger partial charge in [0.2, 0.25) is 0 Å². The fourth-order valence-electron chi connectivity index (χ4n) is 4.57. The first-order chi connectivity index (χ1) is 14.9. The molecular weight excluding hydrogens is 430 g/mol. The van der Waals surface area contributed by atoms with Gasteiger partial charge < -0.3 is 10.4 Å². The van der Waals surface area contributed by atoms with Gasteiger partial charge in [0.1, 0.15) is 9.96 Å². The number of rotatable bonds is 3. The lowest BCUT2D eigenvalue weighted by Gasteiger charge is -2.15. The Balaban J connectivity index is 1.45. The molecule has 1 aromatic heterocycles. The summed E-state index contributed by atoms with van der Waals surface area (Å²) in [5.41, 5.74) is 6.45. The molecule has 1 unspecified atom stereocenters. The lowest BCUT2D eigenvalue weighted by Crippen LogP contribution is -2.18. The zero-order valence-corrected chi connectivity index (χ0v) is 18.5. The first-order valence-electron chi connectivity index (χ1n) is 10.3. The van der Waals surface area contributed by atoms with Crippen LogP contribution in [-0.4, -0.2) is 15.3 Å². The van der Waals surface area contributed by atoms with Crippen molar-refractivity contribution in [3.8, 4) is 16.2 Å². The van der Waals surface area contributed by atoms with E-state index in [0.717, 1.165) is 55.5 Å². The molecule has 160 valence electrons. The highest BCUT2D eigenvalue weighted by atomic mass is 32.2. The summed E-state index contributed by atoms with van der Waals surface area (Å²) >= 11 is 1.16. The SMILES string of the molecule is NS(=O)(=NC(=O)Nc1c2c(cc3c1CCC3)CCC2)c1ccc(-c2ccccc2O)s1. The van der Waals surface area contributed by atoms with Gasteiger partial charge in [0, 0.05) is 16.1 Å². The molecule has 0 radical (unpaired) electrons. The molecule has 8 heteroatoms.